The van der Waals surface area contributed by atoms with Gasteiger partial charge in [0.2, 0.25) is 0 Å². The van der Waals surface area contributed by atoms with E-state index in [0.29, 0.717) is 11.9 Å². The molecule has 3 nitrogen and oxygen atoms in total. The number of aliphatic hydroxyl groups is 1. The van der Waals surface area contributed by atoms with Gasteiger partial charge in [0.05, 0.1) is 11.8 Å². The Balaban J connectivity index is 2.37. The van der Waals surface area contributed by atoms with Crippen LogP contribution in [-0.4, -0.2) is 40.0 Å². The summed E-state index contributed by atoms with van der Waals surface area (Å²) in [5, 5.41) is 10.0. The van der Waals surface area contributed by atoms with Crippen molar-refractivity contribution in [1.29, 1.82) is 0 Å². The van der Waals surface area contributed by atoms with Gasteiger partial charge in [-0.05, 0) is 19.2 Å². The minimum absolute atomic E-state index is 0.316. The van der Waals surface area contributed by atoms with Gasteiger partial charge in [-0.1, -0.05) is 22.0 Å². The third-order valence-electron chi connectivity index (χ3n) is 1.86. The second kappa shape index (κ2) is 6.11. The Morgan fingerprint density at radius 3 is 2.93 bits per heavy atom. The lowest BCUT2D eigenvalue weighted by Gasteiger charge is -2.18. The topological polar surface area (TPSA) is 36.4 Å². The summed E-state index contributed by atoms with van der Waals surface area (Å²) in [4.78, 5) is 6.27. The minimum Gasteiger partial charge on any atom is -0.391 e. The van der Waals surface area contributed by atoms with Crippen LogP contribution in [0.1, 0.15) is 5.69 Å². The van der Waals surface area contributed by atoms with E-state index in [1.54, 1.807) is 6.20 Å². The molecule has 0 saturated heterocycles. The predicted octanol–water partition coefficient (Wildman–Crippen LogP) is 1.27. The number of hydrogen-bond donors (Lipinski definition) is 1. The van der Waals surface area contributed by atoms with Crippen molar-refractivity contribution in [2.24, 2.45) is 0 Å². The van der Waals surface area contributed by atoms with Gasteiger partial charge in [-0.2, -0.15) is 0 Å². The summed E-state index contributed by atoms with van der Waals surface area (Å²) in [6.07, 6.45) is 1.47. The average Bonchev–Trinajstić information content (AvgIpc) is 2.19. The first-order valence-corrected chi connectivity index (χ1v) is 5.67. The third-order valence-corrected chi connectivity index (χ3v) is 2.61. The monoisotopic (exact) mass is 258 g/mol. The fraction of sp³-hybridized carbons (Fsp3) is 0.500. The molecular weight excluding hydrogens is 244 g/mol. The number of likely N-dealkylation sites (N-methyl/N-ethyl adjacent to an activating group) is 1. The predicted molar refractivity (Wildman–Crippen MR) is 60.4 cm³/mol. The first-order valence-electron chi connectivity index (χ1n) is 4.55. The second-order valence-corrected chi connectivity index (χ2v) is 3.97. The molecule has 1 unspecified atom stereocenters. The molecule has 0 spiro atoms. The molecule has 0 saturated carbocycles. The normalized spacial score (nSPS) is 13.1. The highest BCUT2D eigenvalue weighted by molar-refractivity contribution is 9.09. The fourth-order valence-electron chi connectivity index (χ4n) is 1.24. The molecule has 1 atom stereocenters. The van der Waals surface area contributed by atoms with Gasteiger partial charge in [0, 0.05) is 24.6 Å². The molecule has 0 radical (unpaired) electrons. The van der Waals surface area contributed by atoms with Crippen LogP contribution in [0.25, 0.3) is 0 Å². The number of aromatic nitrogens is 1. The molecule has 78 valence electrons. The summed E-state index contributed by atoms with van der Waals surface area (Å²) in [7, 11) is 1.97. The Morgan fingerprint density at radius 2 is 2.36 bits per heavy atom. The molecule has 0 aliphatic carbocycles. The molecule has 14 heavy (non-hydrogen) atoms. The Morgan fingerprint density at radius 1 is 1.57 bits per heavy atom. The molecule has 0 aromatic carbocycles. The summed E-state index contributed by atoms with van der Waals surface area (Å²) in [6.45, 7) is 1.42. The van der Waals surface area contributed by atoms with E-state index in [-0.39, 0.29) is 6.10 Å². The van der Waals surface area contributed by atoms with Gasteiger partial charge in [-0.25, -0.2) is 0 Å². The van der Waals surface area contributed by atoms with Crippen molar-refractivity contribution in [3.8, 4) is 0 Å². The molecule has 0 aliphatic rings. The van der Waals surface area contributed by atoms with E-state index in [2.05, 4.69) is 20.9 Å². The molecule has 1 aromatic heterocycles. The molecule has 0 amide bonds. The maximum Gasteiger partial charge on any atom is 0.0763 e. The van der Waals surface area contributed by atoms with Crippen molar-refractivity contribution < 1.29 is 5.11 Å². The zero-order valence-corrected chi connectivity index (χ0v) is 9.81. The van der Waals surface area contributed by atoms with Gasteiger partial charge in [0.25, 0.3) is 0 Å². The van der Waals surface area contributed by atoms with Crippen molar-refractivity contribution in [2.45, 2.75) is 12.6 Å². The highest BCUT2D eigenvalue weighted by atomic mass is 79.9. The summed E-state index contributed by atoms with van der Waals surface area (Å²) in [5.74, 6) is 0. The van der Waals surface area contributed by atoms with E-state index in [9.17, 15) is 5.11 Å². The van der Waals surface area contributed by atoms with Crippen molar-refractivity contribution >= 4 is 15.9 Å². The van der Waals surface area contributed by atoms with Crippen LogP contribution >= 0.6 is 15.9 Å². The molecule has 0 bridgehead atoms. The van der Waals surface area contributed by atoms with E-state index < -0.39 is 0 Å². The molecule has 1 N–H and O–H groups in total. The Labute approximate surface area is 92.9 Å². The number of aliphatic hydroxyl groups excluding tert-OH is 1. The standard InChI is InChI=1S/C10H15BrN2O/c1-13(8-10(14)6-11)7-9-4-2-3-5-12-9/h2-5,10,14H,6-8H2,1H3. The maximum atomic E-state index is 9.40. The SMILES string of the molecule is CN(Cc1ccccn1)CC(O)CBr. The highest BCUT2D eigenvalue weighted by Crippen LogP contribution is 2.00. The van der Waals surface area contributed by atoms with Crippen LogP contribution in [0.4, 0.5) is 0 Å². The van der Waals surface area contributed by atoms with Gasteiger partial charge in [-0.3, -0.25) is 9.88 Å². The van der Waals surface area contributed by atoms with Crippen LogP contribution < -0.4 is 0 Å². The molecule has 1 aromatic rings. The smallest absolute Gasteiger partial charge is 0.0763 e. The van der Waals surface area contributed by atoms with E-state index >= 15 is 0 Å². The average molecular weight is 259 g/mol. The summed E-state index contributed by atoms with van der Waals surface area (Å²) in [6, 6.07) is 5.85. The molecule has 4 heteroatoms. The molecule has 1 heterocycles. The quantitative estimate of drug-likeness (QED) is 0.809. The van der Waals surface area contributed by atoms with Crippen LogP contribution in [0.5, 0.6) is 0 Å². The van der Waals surface area contributed by atoms with Gasteiger partial charge in [0.15, 0.2) is 0 Å². The van der Waals surface area contributed by atoms with E-state index in [1.807, 2.05) is 30.1 Å². The van der Waals surface area contributed by atoms with Crippen molar-refractivity contribution in [2.75, 3.05) is 18.9 Å². The zero-order valence-electron chi connectivity index (χ0n) is 8.23. The minimum atomic E-state index is -0.316. The van der Waals surface area contributed by atoms with Crippen LogP contribution in [0.15, 0.2) is 24.4 Å². The van der Waals surface area contributed by atoms with E-state index in [1.165, 1.54) is 0 Å². The number of nitrogens with zero attached hydrogens (tertiary/aromatic N) is 2. The van der Waals surface area contributed by atoms with Gasteiger partial charge < -0.3 is 5.11 Å². The van der Waals surface area contributed by atoms with Crippen LogP contribution in [-0.2, 0) is 6.54 Å². The van der Waals surface area contributed by atoms with Crippen LogP contribution in [0.2, 0.25) is 0 Å². The Hall–Kier alpha value is -0.450. The zero-order chi connectivity index (χ0) is 10.4. The van der Waals surface area contributed by atoms with Crippen LogP contribution in [0.3, 0.4) is 0 Å². The van der Waals surface area contributed by atoms with Crippen molar-refractivity contribution in [3.63, 3.8) is 0 Å². The number of rotatable bonds is 5. The van der Waals surface area contributed by atoms with Crippen molar-refractivity contribution in [3.05, 3.63) is 30.1 Å². The number of hydrogen-bond acceptors (Lipinski definition) is 3. The lowest BCUT2D eigenvalue weighted by atomic mass is 10.3. The largest absolute Gasteiger partial charge is 0.391 e. The number of pyridine rings is 1. The van der Waals surface area contributed by atoms with Gasteiger partial charge in [-0.15, -0.1) is 0 Å². The highest BCUT2D eigenvalue weighted by Gasteiger charge is 2.06. The van der Waals surface area contributed by atoms with Crippen molar-refractivity contribution in [1.82, 2.24) is 9.88 Å². The van der Waals surface area contributed by atoms with Crippen LogP contribution in [0, 0.1) is 0 Å². The first-order chi connectivity index (χ1) is 6.72. The fourth-order valence-corrected chi connectivity index (χ4v) is 1.45. The first kappa shape index (κ1) is 11.6. The molecular formula is C10H15BrN2O. The van der Waals surface area contributed by atoms with Gasteiger partial charge in [0.1, 0.15) is 0 Å². The second-order valence-electron chi connectivity index (χ2n) is 3.33. The number of halogens is 1. The Kier molecular flexibility index (Phi) is 5.07. The molecule has 1 rings (SSSR count). The maximum absolute atomic E-state index is 9.40. The lowest BCUT2D eigenvalue weighted by Crippen LogP contribution is -2.29. The lowest BCUT2D eigenvalue weighted by molar-refractivity contribution is 0.142. The summed E-state index contributed by atoms with van der Waals surface area (Å²) >= 11 is 3.24. The molecule has 0 fully saturated rings. The molecule has 0 aliphatic heterocycles. The van der Waals surface area contributed by atoms with E-state index in [4.69, 9.17) is 0 Å². The summed E-state index contributed by atoms with van der Waals surface area (Å²) in [5.41, 5.74) is 1.02. The van der Waals surface area contributed by atoms with E-state index in [0.717, 1.165) is 12.2 Å². The Bertz CT molecular complexity index is 256. The third kappa shape index (κ3) is 4.17. The summed E-state index contributed by atoms with van der Waals surface area (Å²) < 4.78 is 0. The van der Waals surface area contributed by atoms with Gasteiger partial charge >= 0.3 is 0 Å². The number of alkyl halides is 1.